The lowest BCUT2D eigenvalue weighted by atomic mass is 9.99. The van der Waals surface area contributed by atoms with E-state index in [1.165, 1.54) is 13.8 Å². The van der Waals surface area contributed by atoms with Gasteiger partial charge in [0.2, 0.25) is 0 Å². The lowest BCUT2D eigenvalue weighted by molar-refractivity contribution is -0.170. The van der Waals surface area contributed by atoms with Gasteiger partial charge in [-0.15, -0.1) is 11.6 Å². The minimum Gasteiger partial charge on any atom is -0.348 e. The zero-order valence-corrected chi connectivity index (χ0v) is 9.90. The van der Waals surface area contributed by atoms with E-state index in [1.807, 2.05) is 0 Å². The van der Waals surface area contributed by atoms with Crippen LogP contribution in [-0.4, -0.2) is 36.0 Å². The average molecular weight is 278 g/mol. The fourth-order valence-corrected chi connectivity index (χ4v) is 1.17. The van der Waals surface area contributed by atoms with Crippen LogP contribution in [0.5, 0.6) is 0 Å². The molecule has 0 aliphatic carbocycles. The van der Waals surface area contributed by atoms with Gasteiger partial charge in [0.25, 0.3) is 5.91 Å². The SMILES string of the molecule is CC(NC(=O)C(F)(F)C(F)F)C(C)C(=O)CCl. The highest BCUT2D eigenvalue weighted by molar-refractivity contribution is 6.27. The Balaban J connectivity index is 4.55. The van der Waals surface area contributed by atoms with Gasteiger partial charge in [-0.2, -0.15) is 8.78 Å². The number of hydrogen-bond donors (Lipinski definition) is 1. The summed E-state index contributed by atoms with van der Waals surface area (Å²) in [4.78, 5) is 21.9. The van der Waals surface area contributed by atoms with Gasteiger partial charge < -0.3 is 5.32 Å². The molecule has 8 heteroatoms. The summed E-state index contributed by atoms with van der Waals surface area (Å²) in [6.07, 6.45) is -4.09. The molecule has 0 rings (SSSR count). The molecule has 17 heavy (non-hydrogen) atoms. The van der Waals surface area contributed by atoms with Crippen LogP contribution in [0.1, 0.15) is 13.8 Å². The van der Waals surface area contributed by atoms with Crippen molar-refractivity contribution < 1.29 is 27.2 Å². The largest absolute Gasteiger partial charge is 0.383 e. The maximum absolute atomic E-state index is 12.6. The molecule has 1 amide bonds. The molecule has 0 aromatic rings. The monoisotopic (exact) mass is 277 g/mol. The van der Waals surface area contributed by atoms with Gasteiger partial charge in [-0.05, 0) is 6.92 Å². The lowest BCUT2D eigenvalue weighted by Crippen LogP contribution is -2.50. The normalized spacial score (nSPS) is 15.5. The fraction of sp³-hybridized carbons (Fsp3) is 0.778. The van der Waals surface area contributed by atoms with Crippen LogP contribution in [0.3, 0.4) is 0 Å². The quantitative estimate of drug-likeness (QED) is 0.595. The van der Waals surface area contributed by atoms with E-state index in [0.717, 1.165) is 0 Å². The van der Waals surface area contributed by atoms with Gasteiger partial charge in [0.05, 0.1) is 5.88 Å². The number of alkyl halides is 5. The predicted octanol–water partition coefficient (Wildman–Crippen LogP) is 1.84. The van der Waals surface area contributed by atoms with Crippen molar-refractivity contribution in [3.05, 3.63) is 0 Å². The second kappa shape index (κ2) is 6.18. The molecule has 2 atom stereocenters. The molecule has 0 aliphatic heterocycles. The molecule has 0 spiro atoms. The molecule has 0 aromatic carbocycles. The van der Waals surface area contributed by atoms with Crippen LogP contribution in [0.15, 0.2) is 0 Å². The van der Waals surface area contributed by atoms with Crippen molar-refractivity contribution in [1.82, 2.24) is 5.32 Å². The van der Waals surface area contributed by atoms with E-state index in [1.54, 1.807) is 5.32 Å². The molecular formula is C9H12ClF4NO2. The maximum atomic E-state index is 12.6. The van der Waals surface area contributed by atoms with Crippen LogP contribution in [0.2, 0.25) is 0 Å². The minimum absolute atomic E-state index is 0.341. The third kappa shape index (κ3) is 4.14. The number of amides is 1. The molecule has 0 aliphatic rings. The number of carbonyl (C=O) groups excluding carboxylic acids is 2. The highest BCUT2D eigenvalue weighted by atomic mass is 35.5. The zero-order chi connectivity index (χ0) is 13.8. The summed E-state index contributed by atoms with van der Waals surface area (Å²) in [5.41, 5.74) is 0. The Morgan fingerprint density at radius 3 is 2.12 bits per heavy atom. The van der Waals surface area contributed by atoms with E-state index < -0.39 is 36.0 Å². The Hall–Kier alpha value is -0.850. The number of rotatable bonds is 6. The molecule has 0 radical (unpaired) electrons. The minimum atomic E-state index is -4.77. The second-order valence-electron chi connectivity index (χ2n) is 3.57. The van der Waals surface area contributed by atoms with E-state index in [4.69, 9.17) is 11.6 Å². The van der Waals surface area contributed by atoms with Crippen LogP contribution in [-0.2, 0) is 9.59 Å². The highest BCUT2D eigenvalue weighted by Crippen LogP contribution is 2.23. The molecular weight excluding hydrogens is 266 g/mol. The van der Waals surface area contributed by atoms with E-state index in [0.29, 0.717) is 0 Å². The Labute approximate surface area is 100 Å². The molecule has 0 fully saturated rings. The van der Waals surface area contributed by atoms with Crippen molar-refractivity contribution in [3.63, 3.8) is 0 Å². The van der Waals surface area contributed by atoms with Crippen molar-refractivity contribution in [2.45, 2.75) is 32.2 Å². The summed E-state index contributed by atoms with van der Waals surface area (Å²) in [5.74, 6) is -8.51. The van der Waals surface area contributed by atoms with Gasteiger partial charge in [-0.3, -0.25) is 9.59 Å². The summed E-state index contributed by atoms with van der Waals surface area (Å²) in [7, 11) is 0. The number of nitrogens with one attached hydrogen (secondary N) is 1. The average Bonchev–Trinajstić information content (AvgIpc) is 2.26. The highest BCUT2D eigenvalue weighted by Gasteiger charge is 2.49. The van der Waals surface area contributed by atoms with Gasteiger partial charge in [-0.1, -0.05) is 6.92 Å². The van der Waals surface area contributed by atoms with Crippen LogP contribution in [0.4, 0.5) is 17.6 Å². The van der Waals surface area contributed by atoms with E-state index >= 15 is 0 Å². The molecule has 1 N–H and O–H groups in total. The Bertz CT molecular complexity index is 299. The van der Waals surface area contributed by atoms with Gasteiger partial charge >= 0.3 is 12.3 Å². The summed E-state index contributed by atoms with van der Waals surface area (Å²) >= 11 is 5.24. The molecule has 3 nitrogen and oxygen atoms in total. The van der Waals surface area contributed by atoms with E-state index in [-0.39, 0.29) is 5.88 Å². The summed E-state index contributed by atoms with van der Waals surface area (Å²) in [6, 6.07) is -1.00. The molecule has 100 valence electrons. The van der Waals surface area contributed by atoms with Crippen molar-refractivity contribution in [1.29, 1.82) is 0 Å². The first kappa shape index (κ1) is 16.1. The molecule has 0 heterocycles. The molecule has 0 bridgehead atoms. The van der Waals surface area contributed by atoms with Crippen LogP contribution in [0, 0.1) is 5.92 Å². The first-order chi connectivity index (χ1) is 7.64. The first-order valence-corrected chi connectivity index (χ1v) is 5.23. The summed E-state index contributed by atoms with van der Waals surface area (Å²) in [6.45, 7) is 2.62. The summed E-state index contributed by atoms with van der Waals surface area (Å²) < 4.78 is 48.8. The van der Waals surface area contributed by atoms with Crippen molar-refractivity contribution >= 4 is 23.3 Å². The Morgan fingerprint density at radius 2 is 1.76 bits per heavy atom. The molecule has 0 saturated carbocycles. The summed E-state index contributed by atoms with van der Waals surface area (Å²) in [5, 5.41) is 1.67. The number of halogens is 5. The van der Waals surface area contributed by atoms with Gasteiger partial charge in [0, 0.05) is 12.0 Å². The Morgan fingerprint density at radius 1 is 1.29 bits per heavy atom. The van der Waals surface area contributed by atoms with Gasteiger partial charge in [0.15, 0.2) is 5.78 Å². The maximum Gasteiger partial charge on any atom is 0.383 e. The van der Waals surface area contributed by atoms with Crippen LogP contribution in [0.25, 0.3) is 0 Å². The third-order valence-corrected chi connectivity index (χ3v) is 2.59. The molecule has 0 aromatic heterocycles. The molecule has 0 saturated heterocycles. The van der Waals surface area contributed by atoms with E-state index in [9.17, 15) is 27.2 Å². The number of Topliss-reactive ketones (excluding diaryl/α,β-unsaturated/α-hetero) is 1. The van der Waals surface area contributed by atoms with Crippen molar-refractivity contribution in [2.75, 3.05) is 5.88 Å². The van der Waals surface area contributed by atoms with Gasteiger partial charge in [-0.25, -0.2) is 8.78 Å². The van der Waals surface area contributed by atoms with Crippen LogP contribution >= 0.6 is 11.6 Å². The second-order valence-corrected chi connectivity index (χ2v) is 3.84. The Kier molecular flexibility index (Phi) is 5.87. The smallest absolute Gasteiger partial charge is 0.348 e. The van der Waals surface area contributed by atoms with Crippen LogP contribution < -0.4 is 5.32 Å². The standard InChI is InChI=1S/C9H12ClF4NO2/c1-4(6(16)3-10)5(2)15-8(17)9(13,14)7(11)12/h4-5,7H,3H2,1-2H3,(H,15,17). The first-order valence-electron chi connectivity index (χ1n) is 4.70. The lowest BCUT2D eigenvalue weighted by Gasteiger charge is -2.22. The van der Waals surface area contributed by atoms with Gasteiger partial charge in [0.1, 0.15) is 0 Å². The fourth-order valence-electron chi connectivity index (χ4n) is 0.928. The number of hydrogen-bond acceptors (Lipinski definition) is 2. The van der Waals surface area contributed by atoms with E-state index in [2.05, 4.69) is 0 Å². The zero-order valence-electron chi connectivity index (χ0n) is 9.15. The topological polar surface area (TPSA) is 46.2 Å². The third-order valence-electron chi connectivity index (χ3n) is 2.33. The van der Waals surface area contributed by atoms with Crippen molar-refractivity contribution in [2.24, 2.45) is 5.92 Å². The predicted molar refractivity (Wildman–Crippen MR) is 53.4 cm³/mol. The number of ketones is 1. The van der Waals surface area contributed by atoms with Crippen molar-refractivity contribution in [3.8, 4) is 0 Å². The number of carbonyl (C=O) groups is 2. The molecule has 2 unspecified atom stereocenters.